The third kappa shape index (κ3) is 2.77. The molecule has 0 radical (unpaired) electrons. The Morgan fingerprint density at radius 3 is 2.75 bits per heavy atom. The quantitative estimate of drug-likeness (QED) is 0.529. The van der Waals surface area contributed by atoms with Crippen molar-refractivity contribution in [1.82, 2.24) is 9.97 Å². The molecule has 2 rings (SSSR count). The second-order valence-electron chi connectivity index (χ2n) is 3.92. The number of nitro groups is 1. The lowest BCUT2D eigenvalue weighted by atomic mass is 10.2. The number of anilines is 2. The molecule has 1 N–H and O–H groups in total. The van der Waals surface area contributed by atoms with Crippen LogP contribution in [-0.4, -0.2) is 22.0 Å². The molecule has 104 valence electrons. The first-order valence-corrected chi connectivity index (χ1v) is 5.97. The lowest BCUT2D eigenvalue weighted by molar-refractivity contribution is -0.384. The number of benzene rings is 1. The summed E-state index contributed by atoms with van der Waals surface area (Å²) in [6.07, 6.45) is 1.16. The molecule has 8 heteroatoms. The van der Waals surface area contributed by atoms with E-state index in [-0.39, 0.29) is 16.7 Å². The number of rotatable bonds is 4. The number of aromatic nitrogens is 2. The van der Waals surface area contributed by atoms with E-state index in [4.69, 9.17) is 16.3 Å². The van der Waals surface area contributed by atoms with Gasteiger partial charge >= 0.3 is 5.69 Å². The Labute approximate surface area is 119 Å². The average molecular weight is 295 g/mol. The van der Waals surface area contributed by atoms with Gasteiger partial charge in [-0.15, -0.1) is 0 Å². The van der Waals surface area contributed by atoms with Crippen LogP contribution in [0.1, 0.15) is 5.56 Å². The summed E-state index contributed by atoms with van der Waals surface area (Å²) in [4.78, 5) is 17.8. The summed E-state index contributed by atoms with van der Waals surface area (Å²) in [5.74, 6) is 0.742. The first-order chi connectivity index (χ1) is 9.52. The van der Waals surface area contributed by atoms with Gasteiger partial charge in [0.2, 0.25) is 11.0 Å². The van der Waals surface area contributed by atoms with Crippen LogP contribution in [0.15, 0.2) is 24.5 Å². The first kappa shape index (κ1) is 14.0. The highest BCUT2D eigenvalue weighted by Gasteiger charge is 2.21. The number of nitrogens with one attached hydrogen (secondary N) is 1. The van der Waals surface area contributed by atoms with Gasteiger partial charge in [-0.25, -0.2) is 9.97 Å². The fraction of sp³-hybridized carbons (Fsp3) is 0.167. The van der Waals surface area contributed by atoms with Crippen LogP contribution in [-0.2, 0) is 0 Å². The minimum Gasteiger partial charge on any atom is -0.497 e. The first-order valence-electron chi connectivity index (χ1n) is 5.59. The molecule has 0 saturated carbocycles. The van der Waals surface area contributed by atoms with Crippen LogP contribution >= 0.6 is 11.6 Å². The van der Waals surface area contributed by atoms with Crippen LogP contribution in [0.4, 0.5) is 17.2 Å². The zero-order chi connectivity index (χ0) is 14.7. The average Bonchev–Trinajstić information content (AvgIpc) is 2.40. The molecule has 0 aliphatic rings. The molecule has 0 saturated heterocycles. The fourth-order valence-electron chi connectivity index (χ4n) is 1.64. The molecule has 1 heterocycles. The van der Waals surface area contributed by atoms with E-state index in [1.165, 1.54) is 0 Å². The Morgan fingerprint density at radius 1 is 1.40 bits per heavy atom. The van der Waals surface area contributed by atoms with Crippen LogP contribution in [0.2, 0.25) is 5.15 Å². The normalized spacial score (nSPS) is 10.2. The van der Waals surface area contributed by atoms with Crippen molar-refractivity contribution in [3.63, 3.8) is 0 Å². The van der Waals surface area contributed by atoms with Crippen molar-refractivity contribution in [3.8, 4) is 5.75 Å². The van der Waals surface area contributed by atoms with Crippen molar-refractivity contribution < 1.29 is 9.66 Å². The molecule has 0 atom stereocenters. The van der Waals surface area contributed by atoms with Gasteiger partial charge in [-0.1, -0.05) is 11.6 Å². The molecular weight excluding hydrogens is 284 g/mol. The van der Waals surface area contributed by atoms with E-state index in [2.05, 4.69) is 15.3 Å². The van der Waals surface area contributed by atoms with Gasteiger partial charge in [0.15, 0.2) is 0 Å². The summed E-state index contributed by atoms with van der Waals surface area (Å²) < 4.78 is 5.10. The summed E-state index contributed by atoms with van der Waals surface area (Å²) in [5, 5.41) is 13.7. The Hall–Kier alpha value is -2.41. The van der Waals surface area contributed by atoms with Crippen molar-refractivity contribution in [3.05, 3.63) is 45.4 Å². The summed E-state index contributed by atoms with van der Waals surface area (Å²) in [7, 11) is 1.57. The number of methoxy groups -OCH3 is 1. The molecule has 0 aliphatic carbocycles. The van der Waals surface area contributed by atoms with Crippen LogP contribution < -0.4 is 10.1 Å². The molecule has 0 bridgehead atoms. The standard InChI is InChI=1S/C12H11ClN4O3/c1-7-5-8(20-2)3-4-9(7)16-12-10(17(18)19)11(13)14-6-15-12/h3-6H,1-2H3,(H,14,15,16). The van der Waals surface area contributed by atoms with Gasteiger partial charge in [0, 0.05) is 5.69 Å². The largest absolute Gasteiger partial charge is 0.497 e. The summed E-state index contributed by atoms with van der Waals surface area (Å²) >= 11 is 5.73. The van der Waals surface area contributed by atoms with Crippen LogP contribution in [0.5, 0.6) is 5.75 Å². The maximum atomic E-state index is 11.0. The number of ether oxygens (including phenoxy) is 1. The van der Waals surface area contributed by atoms with Crippen molar-refractivity contribution >= 4 is 28.8 Å². The third-order valence-electron chi connectivity index (χ3n) is 2.65. The molecule has 1 aromatic heterocycles. The lowest BCUT2D eigenvalue weighted by Gasteiger charge is -2.10. The van der Waals surface area contributed by atoms with Gasteiger partial charge in [-0.3, -0.25) is 10.1 Å². The van der Waals surface area contributed by atoms with E-state index in [1.807, 2.05) is 6.92 Å². The van der Waals surface area contributed by atoms with Gasteiger partial charge in [0.1, 0.15) is 12.1 Å². The molecular formula is C12H11ClN4O3. The van der Waals surface area contributed by atoms with Gasteiger partial charge in [0.25, 0.3) is 0 Å². The molecule has 7 nitrogen and oxygen atoms in total. The fourth-order valence-corrected chi connectivity index (χ4v) is 1.84. The summed E-state index contributed by atoms with van der Waals surface area (Å²) in [5.41, 5.74) is 1.17. The molecule has 0 aliphatic heterocycles. The molecule has 0 spiro atoms. The number of aryl methyl sites for hydroxylation is 1. The van der Waals surface area contributed by atoms with E-state index in [0.717, 1.165) is 11.9 Å². The van der Waals surface area contributed by atoms with Crippen LogP contribution in [0.3, 0.4) is 0 Å². The SMILES string of the molecule is COc1ccc(Nc2ncnc(Cl)c2[N+](=O)[O-])c(C)c1. The molecule has 0 amide bonds. The van der Waals surface area contributed by atoms with Crippen molar-refractivity contribution in [2.75, 3.05) is 12.4 Å². The maximum Gasteiger partial charge on any atom is 0.348 e. The van der Waals surface area contributed by atoms with E-state index >= 15 is 0 Å². The highest BCUT2D eigenvalue weighted by Crippen LogP contribution is 2.32. The summed E-state index contributed by atoms with van der Waals surface area (Å²) in [6, 6.07) is 5.29. The second-order valence-corrected chi connectivity index (χ2v) is 4.28. The topological polar surface area (TPSA) is 90.2 Å². The number of nitrogens with zero attached hydrogens (tertiary/aromatic N) is 3. The Morgan fingerprint density at radius 2 is 2.15 bits per heavy atom. The highest BCUT2D eigenvalue weighted by atomic mass is 35.5. The van der Waals surface area contributed by atoms with Gasteiger partial charge in [-0.05, 0) is 30.7 Å². The predicted molar refractivity (Wildman–Crippen MR) is 74.7 cm³/mol. The molecule has 20 heavy (non-hydrogen) atoms. The van der Waals surface area contributed by atoms with E-state index in [9.17, 15) is 10.1 Å². The van der Waals surface area contributed by atoms with E-state index in [0.29, 0.717) is 11.4 Å². The minimum absolute atomic E-state index is 0.0447. The van der Waals surface area contributed by atoms with E-state index in [1.54, 1.807) is 25.3 Å². The molecule has 2 aromatic rings. The summed E-state index contributed by atoms with van der Waals surface area (Å²) in [6.45, 7) is 1.85. The smallest absolute Gasteiger partial charge is 0.348 e. The maximum absolute atomic E-state index is 11.0. The molecule has 1 aromatic carbocycles. The molecule has 0 unspecified atom stereocenters. The molecule has 0 fully saturated rings. The number of hydrogen-bond acceptors (Lipinski definition) is 6. The van der Waals surface area contributed by atoms with Gasteiger partial charge in [0.05, 0.1) is 12.0 Å². The van der Waals surface area contributed by atoms with Crippen LogP contribution in [0, 0.1) is 17.0 Å². The zero-order valence-corrected chi connectivity index (χ0v) is 11.5. The van der Waals surface area contributed by atoms with Gasteiger partial charge in [-0.2, -0.15) is 0 Å². The van der Waals surface area contributed by atoms with Crippen molar-refractivity contribution in [1.29, 1.82) is 0 Å². The Bertz CT molecular complexity index is 663. The van der Waals surface area contributed by atoms with Gasteiger partial charge < -0.3 is 10.1 Å². The highest BCUT2D eigenvalue weighted by molar-refractivity contribution is 6.31. The Balaban J connectivity index is 2.40. The minimum atomic E-state index is -0.622. The zero-order valence-electron chi connectivity index (χ0n) is 10.8. The number of halogens is 1. The second kappa shape index (κ2) is 5.70. The van der Waals surface area contributed by atoms with Crippen molar-refractivity contribution in [2.24, 2.45) is 0 Å². The predicted octanol–water partition coefficient (Wildman–Crippen LogP) is 3.10. The Kier molecular flexibility index (Phi) is 3.99. The third-order valence-corrected chi connectivity index (χ3v) is 2.92. The lowest BCUT2D eigenvalue weighted by Crippen LogP contribution is -2.02. The van der Waals surface area contributed by atoms with Crippen LogP contribution in [0.25, 0.3) is 0 Å². The van der Waals surface area contributed by atoms with Crippen molar-refractivity contribution in [2.45, 2.75) is 6.92 Å². The van der Waals surface area contributed by atoms with E-state index < -0.39 is 4.92 Å². The number of hydrogen-bond donors (Lipinski definition) is 1. The monoisotopic (exact) mass is 294 g/mol.